The number of hydrogen-bond donors (Lipinski definition) is 1. The molecule has 0 saturated carbocycles. The molecule has 2 aromatic carbocycles. The molecule has 1 saturated heterocycles. The van der Waals surface area contributed by atoms with Gasteiger partial charge in [-0.15, -0.1) is 11.3 Å². The third-order valence-corrected chi connectivity index (χ3v) is 6.23. The van der Waals surface area contributed by atoms with Gasteiger partial charge >= 0.3 is 0 Å². The molecule has 1 aromatic heterocycles. The molecule has 0 spiro atoms. The number of benzene rings is 2. The Hall–Kier alpha value is -3.25. The summed E-state index contributed by atoms with van der Waals surface area (Å²) in [6.45, 7) is 3.22. The van der Waals surface area contributed by atoms with E-state index in [-0.39, 0.29) is 17.7 Å². The van der Waals surface area contributed by atoms with Crippen LogP contribution in [0, 0.1) is 12.8 Å². The average molecular weight is 432 g/mol. The molecule has 1 N–H and O–H groups in total. The maximum Gasteiger partial charge on any atom is 0.246 e. The number of likely N-dealkylation sites (tertiary alicyclic amines) is 1. The van der Waals surface area contributed by atoms with E-state index in [0.29, 0.717) is 31.1 Å². The van der Waals surface area contributed by atoms with E-state index in [1.165, 1.54) is 16.9 Å². The highest BCUT2D eigenvalue weighted by Crippen LogP contribution is 2.26. The van der Waals surface area contributed by atoms with Gasteiger partial charge in [-0.1, -0.05) is 60.2 Å². The summed E-state index contributed by atoms with van der Waals surface area (Å²) in [7, 11) is 0. The van der Waals surface area contributed by atoms with Crippen molar-refractivity contribution in [2.24, 2.45) is 5.92 Å². The monoisotopic (exact) mass is 431 g/mol. The fourth-order valence-electron chi connectivity index (χ4n) is 3.59. The van der Waals surface area contributed by atoms with Gasteiger partial charge in [0.2, 0.25) is 11.8 Å². The number of aryl methyl sites for hydroxylation is 1. The van der Waals surface area contributed by atoms with Crippen LogP contribution in [0.1, 0.15) is 24.0 Å². The maximum absolute atomic E-state index is 12.7. The van der Waals surface area contributed by atoms with Crippen molar-refractivity contribution in [2.45, 2.75) is 19.8 Å². The van der Waals surface area contributed by atoms with Crippen LogP contribution >= 0.6 is 11.3 Å². The Morgan fingerprint density at radius 1 is 1.06 bits per heavy atom. The lowest BCUT2D eigenvalue weighted by Gasteiger charge is -2.30. The smallest absolute Gasteiger partial charge is 0.246 e. The average Bonchev–Trinajstić information content (AvgIpc) is 3.27. The lowest BCUT2D eigenvalue weighted by molar-refractivity contribution is -0.130. The molecule has 2 heterocycles. The lowest BCUT2D eigenvalue weighted by Crippen LogP contribution is -2.40. The minimum Gasteiger partial charge on any atom is -0.339 e. The molecule has 0 atom stereocenters. The largest absolute Gasteiger partial charge is 0.339 e. The molecule has 1 aliphatic heterocycles. The van der Waals surface area contributed by atoms with Crippen molar-refractivity contribution in [3.05, 3.63) is 77.2 Å². The van der Waals surface area contributed by atoms with Crippen LogP contribution in [-0.2, 0) is 9.59 Å². The van der Waals surface area contributed by atoms with E-state index in [4.69, 9.17) is 0 Å². The Kier molecular flexibility index (Phi) is 6.57. The van der Waals surface area contributed by atoms with Gasteiger partial charge in [0.1, 0.15) is 0 Å². The highest BCUT2D eigenvalue weighted by molar-refractivity contribution is 7.14. The predicted octanol–water partition coefficient (Wildman–Crippen LogP) is 5.01. The number of carbonyl (C=O) groups is 2. The highest BCUT2D eigenvalue weighted by atomic mass is 32.1. The second-order valence-corrected chi connectivity index (χ2v) is 8.59. The molecule has 5 nitrogen and oxygen atoms in total. The van der Waals surface area contributed by atoms with Crippen LogP contribution in [0.2, 0.25) is 0 Å². The lowest BCUT2D eigenvalue weighted by atomic mass is 9.96. The van der Waals surface area contributed by atoms with E-state index in [2.05, 4.69) is 29.4 Å². The number of anilines is 1. The third kappa shape index (κ3) is 5.47. The van der Waals surface area contributed by atoms with Gasteiger partial charge in [0.05, 0.1) is 5.69 Å². The Bertz CT molecular complexity index is 1070. The predicted molar refractivity (Wildman–Crippen MR) is 126 cm³/mol. The van der Waals surface area contributed by atoms with Crippen molar-refractivity contribution in [3.8, 4) is 11.3 Å². The molecular weight excluding hydrogens is 406 g/mol. The van der Waals surface area contributed by atoms with Crippen molar-refractivity contribution in [3.63, 3.8) is 0 Å². The zero-order valence-electron chi connectivity index (χ0n) is 17.5. The fraction of sp³-hybridized carbons (Fsp3) is 0.240. The molecule has 2 amide bonds. The molecule has 3 aromatic rings. The van der Waals surface area contributed by atoms with Crippen molar-refractivity contribution in [1.29, 1.82) is 0 Å². The zero-order chi connectivity index (χ0) is 21.6. The topological polar surface area (TPSA) is 62.3 Å². The summed E-state index contributed by atoms with van der Waals surface area (Å²) in [6.07, 6.45) is 4.76. The van der Waals surface area contributed by atoms with E-state index in [1.807, 2.05) is 58.8 Å². The minimum atomic E-state index is -0.103. The van der Waals surface area contributed by atoms with Gasteiger partial charge in [-0.05, 0) is 31.4 Å². The summed E-state index contributed by atoms with van der Waals surface area (Å²) in [5, 5.41) is 5.53. The fourth-order valence-corrected chi connectivity index (χ4v) is 4.32. The molecule has 0 bridgehead atoms. The number of aromatic nitrogens is 1. The summed E-state index contributed by atoms with van der Waals surface area (Å²) in [4.78, 5) is 31.5. The molecule has 158 valence electrons. The summed E-state index contributed by atoms with van der Waals surface area (Å²) >= 11 is 1.43. The third-order valence-electron chi connectivity index (χ3n) is 5.48. The van der Waals surface area contributed by atoms with Crippen LogP contribution < -0.4 is 5.32 Å². The first-order valence-electron chi connectivity index (χ1n) is 10.4. The number of hydrogen-bond acceptors (Lipinski definition) is 4. The molecule has 1 aliphatic rings. The second-order valence-electron chi connectivity index (χ2n) is 7.74. The summed E-state index contributed by atoms with van der Waals surface area (Å²) in [5.41, 5.74) is 4.11. The first kappa shape index (κ1) is 21.0. The molecule has 0 aliphatic carbocycles. The summed E-state index contributed by atoms with van der Waals surface area (Å²) in [6, 6.07) is 17.9. The molecule has 31 heavy (non-hydrogen) atoms. The quantitative estimate of drug-likeness (QED) is 0.578. The van der Waals surface area contributed by atoms with Gasteiger partial charge in [0.15, 0.2) is 5.13 Å². The standard InChI is InChI=1S/C25H25N3O2S/c1-18-7-10-20(11-8-18)22-17-31-25(26-22)27-24(30)21-13-15-28(16-14-21)23(29)12-9-19-5-3-2-4-6-19/h2-12,17,21H,13-16H2,1H3,(H,26,27,30)/b12-9+. The minimum absolute atomic E-state index is 0.00891. The van der Waals surface area contributed by atoms with E-state index in [0.717, 1.165) is 16.8 Å². The van der Waals surface area contributed by atoms with E-state index < -0.39 is 0 Å². The number of amides is 2. The van der Waals surface area contributed by atoms with Gasteiger partial charge in [-0.2, -0.15) is 0 Å². The van der Waals surface area contributed by atoms with Crippen molar-refractivity contribution in [1.82, 2.24) is 9.88 Å². The Balaban J connectivity index is 1.28. The molecule has 0 unspecified atom stereocenters. The van der Waals surface area contributed by atoms with Crippen LogP contribution in [0.15, 0.2) is 66.1 Å². The number of carbonyl (C=O) groups excluding carboxylic acids is 2. The summed E-state index contributed by atoms with van der Waals surface area (Å²) < 4.78 is 0. The van der Waals surface area contributed by atoms with E-state index in [9.17, 15) is 9.59 Å². The first-order valence-corrected chi connectivity index (χ1v) is 11.3. The highest BCUT2D eigenvalue weighted by Gasteiger charge is 2.27. The normalized spacial score (nSPS) is 14.7. The maximum atomic E-state index is 12.7. The first-order chi connectivity index (χ1) is 15.1. The van der Waals surface area contributed by atoms with E-state index >= 15 is 0 Å². The van der Waals surface area contributed by atoms with Crippen LogP contribution in [0.25, 0.3) is 17.3 Å². The number of piperidine rings is 1. The Labute approximate surface area is 186 Å². The summed E-state index contributed by atoms with van der Waals surface area (Å²) in [5.74, 6) is -0.129. The molecule has 4 rings (SSSR count). The van der Waals surface area contributed by atoms with Gasteiger partial charge in [0, 0.05) is 36.0 Å². The van der Waals surface area contributed by atoms with Gasteiger partial charge in [-0.3, -0.25) is 9.59 Å². The van der Waals surface area contributed by atoms with E-state index in [1.54, 1.807) is 6.08 Å². The number of rotatable bonds is 5. The number of nitrogens with one attached hydrogen (secondary N) is 1. The Morgan fingerprint density at radius 3 is 2.48 bits per heavy atom. The molecule has 0 radical (unpaired) electrons. The van der Waals surface area contributed by atoms with Gasteiger partial charge in [0.25, 0.3) is 0 Å². The van der Waals surface area contributed by atoms with Gasteiger partial charge < -0.3 is 10.2 Å². The second kappa shape index (κ2) is 9.71. The number of nitrogens with zero attached hydrogens (tertiary/aromatic N) is 2. The van der Waals surface area contributed by atoms with Crippen LogP contribution in [0.5, 0.6) is 0 Å². The zero-order valence-corrected chi connectivity index (χ0v) is 18.3. The molecule has 6 heteroatoms. The SMILES string of the molecule is Cc1ccc(-c2csc(NC(=O)C3CCN(C(=O)/C=C/c4ccccc4)CC3)n2)cc1. The molecular formula is C25H25N3O2S. The van der Waals surface area contributed by atoms with Gasteiger partial charge in [-0.25, -0.2) is 4.98 Å². The molecule has 1 fully saturated rings. The van der Waals surface area contributed by atoms with Crippen LogP contribution in [-0.4, -0.2) is 34.8 Å². The van der Waals surface area contributed by atoms with Crippen molar-refractivity contribution >= 4 is 34.4 Å². The Morgan fingerprint density at radius 2 is 1.77 bits per heavy atom. The van der Waals surface area contributed by atoms with Crippen LogP contribution in [0.4, 0.5) is 5.13 Å². The van der Waals surface area contributed by atoms with Crippen molar-refractivity contribution in [2.75, 3.05) is 18.4 Å². The van der Waals surface area contributed by atoms with Crippen molar-refractivity contribution < 1.29 is 9.59 Å². The number of thiazole rings is 1. The van der Waals surface area contributed by atoms with Crippen LogP contribution in [0.3, 0.4) is 0 Å².